The molecule has 0 fully saturated rings. The summed E-state index contributed by atoms with van der Waals surface area (Å²) in [5.41, 5.74) is 10.5. The zero-order valence-electron chi connectivity index (χ0n) is 11.7. The molecule has 1 aromatic carbocycles. The first-order valence-electron chi connectivity index (χ1n) is 6.69. The van der Waals surface area contributed by atoms with Crippen LogP contribution in [0.15, 0.2) is 51.7 Å². The smallest absolute Gasteiger partial charge is 0.227 e. The van der Waals surface area contributed by atoms with E-state index < -0.39 is 0 Å². The van der Waals surface area contributed by atoms with Crippen molar-refractivity contribution in [3.63, 3.8) is 0 Å². The van der Waals surface area contributed by atoms with Gasteiger partial charge in [-0.05, 0) is 46.3 Å². The number of pyridine rings is 1. The first-order chi connectivity index (χ1) is 10.7. The number of nitrogens with zero attached hydrogens (tertiary/aromatic N) is 3. The summed E-state index contributed by atoms with van der Waals surface area (Å²) in [5, 5.41) is 1.90. The monoisotopic (exact) mass is 357 g/mol. The summed E-state index contributed by atoms with van der Waals surface area (Å²) in [6.45, 7) is 0. The summed E-state index contributed by atoms with van der Waals surface area (Å²) in [7, 11) is 1.94. The third-order valence-electron chi connectivity index (χ3n) is 3.46. The highest BCUT2D eigenvalue weighted by molar-refractivity contribution is 9.10. The second-order valence-electron chi connectivity index (χ2n) is 4.91. The van der Waals surface area contributed by atoms with E-state index in [1.165, 1.54) is 0 Å². The molecule has 0 unspecified atom stereocenters. The van der Waals surface area contributed by atoms with Crippen molar-refractivity contribution in [2.24, 2.45) is 0 Å². The zero-order valence-corrected chi connectivity index (χ0v) is 13.3. The molecule has 0 aliphatic carbocycles. The lowest BCUT2D eigenvalue weighted by atomic mass is 10.1. The number of aromatic nitrogens is 2. The van der Waals surface area contributed by atoms with Crippen molar-refractivity contribution < 1.29 is 4.42 Å². The van der Waals surface area contributed by atoms with Gasteiger partial charge in [-0.2, -0.15) is 0 Å². The van der Waals surface area contributed by atoms with Crippen molar-refractivity contribution in [1.82, 2.24) is 25.9 Å². The Morgan fingerprint density at radius 1 is 1.18 bits per heavy atom. The first kappa shape index (κ1) is 13.3. The fourth-order valence-electron chi connectivity index (χ4n) is 2.38. The lowest BCUT2D eigenvalue weighted by Gasteiger charge is -2.14. The van der Waals surface area contributed by atoms with E-state index in [0.717, 1.165) is 32.5 Å². The van der Waals surface area contributed by atoms with Crippen LogP contribution in [0, 0.1) is 0 Å². The maximum atomic E-state index is 5.83. The Bertz CT molecular complexity index is 889. The van der Waals surface area contributed by atoms with Gasteiger partial charge >= 0.3 is 0 Å². The van der Waals surface area contributed by atoms with Gasteiger partial charge in [-0.3, -0.25) is 5.01 Å². The highest BCUT2D eigenvalue weighted by Gasteiger charge is 2.15. The van der Waals surface area contributed by atoms with Crippen LogP contribution in [0.25, 0.3) is 28.3 Å². The van der Waals surface area contributed by atoms with Crippen LogP contribution < -0.4 is 11.0 Å². The van der Waals surface area contributed by atoms with Crippen LogP contribution in [-0.4, -0.2) is 22.0 Å². The number of hydrogen-bond donors (Lipinski definition) is 2. The van der Waals surface area contributed by atoms with E-state index in [1.807, 2.05) is 48.6 Å². The van der Waals surface area contributed by atoms with Gasteiger partial charge in [0.25, 0.3) is 0 Å². The van der Waals surface area contributed by atoms with Crippen molar-refractivity contribution in [1.29, 1.82) is 0 Å². The number of hydrazine groups is 2. The van der Waals surface area contributed by atoms with Crippen LogP contribution in [0.1, 0.15) is 5.56 Å². The molecule has 7 heteroatoms. The van der Waals surface area contributed by atoms with Crippen LogP contribution in [0.5, 0.6) is 0 Å². The molecular weight excluding hydrogens is 346 g/mol. The van der Waals surface area contributed by atoms with Gasteiger partial charge in [0, 0.05) is 30.6 Å². The van der Waals surface area contributed by atoms with Gasteiger partial charge in [-0.1, -0.05) is 0 Å². The number of benzene rings is 1. The Labute approximate surface area is 134 Å². The van der Waals surface area contributed by atoms with Gasteiger partial charge in [-0.25, -0.2) is 9.97 Å². The third kappa shape index (κ3) is 2.24. The predicted molar refractivity (Wildman–Crippen MR) is 87.0 cm³/mol. The highest BCUT2D eigenvalue weighted by Crippen LogP contribution is 2.28. The minimum atomic E-state index is 0.584. The fraction of sp³-hybridized carbons (Fsp3) is 0.0667. The second-order valence-corrected chi connectivity index (χ2v) is 5.73. The molecule has 0 atom stereocenters. The Balaban J connectivity index is 1.78. The van der Waals surface area contributed by atoms with Gasteiger partial charge in [0.05, 0.1) is 5.70 Å². The summed E-state index contributed by atoms with van der Waals surface area (Å²) in [6, 6.07) is 9.71. The van der Waals surface area contributed by atoms with E-state index in [1.54, 1.807) is 6.20 Å². The lowest BCUT2D eigenvalue weighted by Crippen LogP contribution is -2.33. The summed E-state index contributed by atoms with van der Waals surface area (Å²) in [4.78, 5) is 8.69. The molecule has 0 radical (unpaired) electrons. The van der Waals surface area contributed by atoms with Gasteiger partial charge in [0.15, 0.2) is 5.58 Å². The number of halogens is 1. The average Bonchev–Trinajstić information content (AvgIpc) is 3.12. The molecule has 3 heterocycles. The maximum Gasteiger partial charge on any atom is 0.227 e. The summed E-state index contributed by atoms with van der Waals surface area (Å²) < 4.78 is 6.58. The third-order valence-corrected chi connectivity index (χ3v) is 3.89. The molecule has 110 valence electrons. The minimum Gasteiger partial charge on any atom is -0.436 e. The van der Waals surface area contributed by atoms with Crippen LogP contribution in [-0.2, 0) is 0 Å². The number of fused-ring (bicyclic) bond motifs is 1. The quantitative estimate of drug-likeness (QED) is 0.687. The van der Waals surface area contributed by atoms with Gasteiger partial charge in [-0.15, -0.1) is 5.53 Å². The Morgan fingerprint density at radius 2 is 2.09 bits per heavy atom. The lowest BCUT2D eigenvalue weighted by molar-refractivity contribution is 0.344. The van der Waals surface area contributed by atoms with Crippen LogP contribution in [0.3, 0.4) is 0 Å². The SMILES string of the molecule is CN1NNC=C1c1ccc2oc(-c3ccnc(Br)c3)nc2c1. The number of oxazole rings is 1. The Hall–Kier alpha value is -2.38. The zero-order chi connectivity index (χ0) is 15.1. The van der Waals surface area contributed by atoms with Gasteiger partial charge in [0.2, 0.25) is 5.89 Å². The van der Waals surface area contributed by atoms with Crippen molar-refractivity contribution in [2.75, 3.05) is 7.05 Å². The molecule has 4 rings (SSSR count). The number of rotatable bonds is 2. The molecule has 2 aromatic heterocycles. The largest absolute Gasteiger partial charge is 0.436 e. The van der Waals surface area contributed by atoms with E-state index in [4.69, 9.17) is 4.42 Å². The number of nitrogens with one attached hydrogen (secondary N) is 2. The van der Waals surface area contributed by atoms with Gasteiger partial charge in [0.1, 0.15) is 10.1 Å². The topological polar surface area (TPSA) is 66.2 Å². The summed E-state index contributed by atoms with van der Waals surface area (Å²) in [5.74, 6) is 0.584. The van der Waals surface area contributed by atoms with E-state index in [9.17, 15) is 0 Å². The van der Waals surface area contributed by atoms with Crippen molar-refractivity contribution in [3.05, 3.63) is 52.9 Å². The molecule has 0 bridgehead atoms. The van der Waals surface area contributed by atoms with Crippen molar-refractivity contribution >= 4 is 32.7 Å². The molecule has 0 spiro atoms. The number of hydrogen-bond acceptors (Lipinski definition) is 6. The van der Waals surface area contributed by atoms with Crippen molar-refractivity contribution in [2.45, 2.75) is 0 Å². The van der Waals surface area contributed by atoms with Gasteiger partial charge < -0.3 is 9.84 Å². The van der Waals surface area contributed by atoms with E-state index in [0.29, 0.717) is 5.89 Å². The van der Waals surface area contributed by atoms with E-state index >= 15 is 0 Å². The first-order valence-corrected chi connectivity index (χ1v) is 7.48. The summed E-state index contributed by atoms with van der Waals surface area (Å²) in [6.07, 6.45) is 3.62. The van der Waals surface area contributed by atoms with Crippen LogP contribution in [0.2, 0.25) is 0 Å². The Kier molecular flexibility index (Phi) is 3.09. The normalized spacial score (nSPS) is 14.3. The predicted octanol–water partition coefficient (Wildman–Crippen LogP) is 2.91. The summed E-state index contributed by atoms with van der Waals surface area (Å²) >= 11 is 3.36. The van der Waals surface area contributed by atoms with E-state index in [2.05, 4.69) is 36.9 Å². The van der Waals surface area contributed by atoms with Crippen molar-refractivity contribution in [3.8, 4) is 11.5 Å². The molecule has 0 saturated heterocycles. The molecule has 1 aliphatic rings. The molecule has 22 heavy (non-hydrogen) atoms. The molecular formula is C15H12BrN5O. The fourth-order valence-corrected chi connectivity index (χ4v) is 2.74. The molecule has 0 saturated carbocycles. The standard InChI is InChI=1S/C15H12BrN5O/c1-21-12(8-18-20-21)9-2-3-13-11(6-9)19-15(22-13)10-4-5-17-14(16)7-10/h2-8,18,20H,1H3. The maximum absolute atomic E-state index is 5.83. The van der Waals surface area contributed by atoms with Crippen LogP contribution >= 0.6 is 15.9 Å². The highest BCUT2D eigenvalue weighted by atomic mass is 79.9. The van der Waals surface area contributed by atoms with E-state index in [-0.39, 0.29) is 0 Å². The minimum absolute atomic E-state index is 0.584. The molecule has 2 N–H and O–H groups in total. The molecule has 0 amide bonds. The average molecular weight is 358 g/mol. The second kappa shape index (κ2) is 5.11. The Morgan fingerprint density at radius 3 is 2.86 bits per heavy atom. The molecule has 1 aliphatic heterocycles. The molecule has 6 nitrogen and oxygen atoms in total. The molecule has 3 aromatic rings. The van der Waals surface area contributed by atoms with Crippen LogP contribution in [0.4, 0.5) is 0 Å².